The van der Waals surface area contributed by atoms with Gasteiger partial charge >= 0.3 is 5.97 Å². The van der Waals surface area contributed by atoms with Crippen molar-refractivity contribution in [3.63, 3.8) is 0 Å². The lowest BCUT2D eigenvalue weighted by Gasteiger charge is -2.13. The second kappa shape index (κ2) is 9.89. The fourth-order valence-corrected chi connectivity index (χ4v) is 3.05. The molecule has 6 heteroatoms. The first kappa shape index (κ1) is 22.0. The normalized spacial score (nSPS) is 11.5. The van der Waals surface area contributed by atoms with Crippen molar-refractivity contribution in [1.29, 1.82) is 0 Å². The monoisotopic (exact) mass is 419 g/mol. The van der Waals surface area contributed by atoms with Crippen LogP contribution >= 0.6 is 0 Å². The van der Waals surface area contributed by atoms with Crippen molar-refractivity contribution in [2.75, 3.05) is 13.7 Å². The molecule has 2 aromatic carbocycles. The predicted octanol–water partition coefficient (Wildman–Crippen LogP) is 4.86. The van der Waals surface area contributed by atoms with Gasteiger partial charge in [-0.25, -0.2) is 9.78 Å². The lowest BCUT2D eigenvalue weighted by molar-refractivity contribution is -0.146. The van der Waals surface area contributed by atoms with E-state index in [1.165, 1.54) is 13.2 Å². The highest BCUT2D eigenvalue weighted by Gasteiger charge is 2.21. The maximum atomic E-state index is 12.4. The van der Waals surface area contributed by atoms with Crippen LogP contribution in [-0.2, 0) is 9.59 Å². The summed E-state index contributed by atoms with van der Waals surface area (Å²) in [5.74, 6) is -0.950. The Morgan fingerprint density at radius 3 is 2.55 bits per heavy atom. The number of fused-ring (bicyclic) bond motifs is 1. The summed E-state index contributed by atoms with van der Waals surface area (Å²) >= 11 is 0. The first-order valence-electron chi connectivity index (χ1n) is 10.1. The van der Waals surface area contributed by atoms with Crippen LogP contribution in [0.4, 0.5) is 0 Å². The van der Waals surface area contributed by atoms with E-state index < -0.39 is 11.8 Å². The molecule has 3 rings (SSSR count). The Kier molecular flexibility index (Phi) is 7.03. The number of carboxylic acid groups (broad SMARTS) is 1. The summed E-state index contributed by atoms with van der Waals surface area (Å²) in [5, 5.41) is 10.2. The van der Waals surface area contributed by atoms with Gasteiger partial charge in [-0.1, -0.05) is 44.2 Å². The summed E-state index contributed by atoms with van der Waals surface area (Å²) in [4.78, 5) is 28.4. The Bertz CT molecular complexity index is 1130. The number of pyridine rings is 1. The quantitative estimate of drug-likeness (QED) is 0.394. The van der Waals surface area contributed by atoms with E-state index in [2.05, 4.69) is 18.8 Å². The van der Waals surface area contributed by atoms with Gasteiger partial charge in [-0.15, -0.1) is 0 Å². The van der Waals surface area contributed by atoms with E-state index in [-0.39, 0.29) is 5.57 Å². The first-order valence-corrected chi connectivity index (χ1v) is 10.1. The zero-order chi connectivity index (χ0) is 22.4. The van der Waals surface area contributed by atoms with E-state index in [1.54, 1.807) is 24.3 Å². The van der Waals surface area contributed by atoms with Gasteiger partial charge in [-0.3, -0.25) is 4.79 Å². The van der Waals surface area contributed by atoms with Crippen molar-refractivity contribution in [1.82, 2.24) is 4.98 Å². The number of nitrogens with zero attached hydrogens (tertiary/aromatic N) is 1. The fourth-order valence-electron chi connectivity index (χ4n) is 3.05. The summed E-state index contributed by atoms with van der Waals surface area (Å²) in [6.07, 6.45) is 2.42. The third-order valence-corrected chi connectivity index (χ3v) is 4.76. The topological polar surface area (TPSA) is 85.7 Å². The number of para-hydroxylation sites is 1. The maximum Gasteiger partial charge on any atom is 0.377 e. The highest BCUT2D eigenvalue weighted by atomic mass is 16.5. The van der Waals surface area contributed by atoms with Gasteiger partial charge in [-0.05, 0) is 48.2 Å². The van der Waals surface area contributed by atoms with E-state index in [0.717, 1.165) is 11.8 Å². The van der Waals surface area contributed by atoms with Crippen LogP contribution in [0, 0.1) is 5.92 Å². The molecule has 0 fully saturated rings. The number of aromatic nitrogens is 1. The Balaban J connectivity index is 1.99. The highest BCUT2D eigenvalue weighted by molar-refractivity contribution is 6.52. The molecule has 0 aliphatic carbocycles. The van der Waals surface area contributed by atoms with Gasteiger partial charge in [0, 0.05) is 5.39 Å². The van der Waals surface area contributed by atoms with Crippen molar-refractivity contribution in [2.24, 2.45) is 5.92 Å². The number of hydrogen-bond acceptors (Lipinski definition) is 5. The number of Topliss-reactive ketones (excluding diaryl/α,β-unsaturated/α-hetero) is 1. The standard InChI is InChI=1S/C25H25NO5/c1-16(2)12-13-31-22-11-8-17(15-23(22)30-3)14-19(24(27)25(28)29)21-10-9-18-6-4-5-7-20(18)26-21/h4-11,14-16H,12-13H2,1-3H3,(H,28,29). The molecular formula is C25H25NO5. The van der Waals surface area contributed by atoms with E-state index in [4.69, 9.17) is 9.47 Å². The van der Waals surface area contributed by atoms with Gasteiger partial charge in [0.05, 0.1) is 30.5 Å². The summed E-state index contributed by atoms with van der Waals surface area (Å²) < 4.78 is 11.2. The SMILES string of the molecule is COc1cc(C=C(C(=O)C(=O)O)c2ccc3ccccc3n2)ccc1OCCC(C)C. The van der Waals surface area contributed by atoms with Crippen LogP contribution in [0.3, 0.4) is 0 Å². The lowest BCUT2D eigenvalue weighted by atomic mass is 10.0. The largest absolute Gasteiger partial charge is 0.493 e. The van der Waals surface area contributed by atoms with Crippen LogP contribution < -0.4 is 9.47 Å². The molecular weight excluding hydrogens is 394 g/mol. The number of rotatable bonds is 9. The molecule has 160 valence electrons. The second-order valence-electron chi connectivity index (χ2n) is 7.52. The van der Waals surface area contributed by atoms with Crippen LogP contribution in [0.1, 0.15) is 31.5 Å². The molecule has 31 heavy (non-hydrogen) atoms. The average molecular weight is 419 g/mol. The Morgan fingerprint density at radius 2 is 1.84 bits per heavy atom. The minimum Gasteiger partial charge on any atom is -0.493 e. The van der Waals surface area contributed by atoms with Gasteiger partial charge in [0.15, 0.2) is 11.5 Å². The van der Waals surface area contributed by atoms with E-state index in [0.29, 0.717) is 40.8 Å². The summed E-state index contributed by atoms with van der Waals surface area (Å²) in [7, 11) is 1.53. The number of carbonyl (C=O) groups is 2. The molecule has 0 radical (unpaired) electrons. The second-order valence-corrected chi connectivity index (χ2v) is 7.52. The maximum absolute atomic E-state index is 12.4. The number of hydrogen-bond donors (Lipinski definition) is 1. The number of ether oxygens (including phenoxy) is 2. The van der Waals surface area contributed by atoms with Gasteiger partial charge in [0.2, 0.25) is 0 Å². The van der Waals surface area contributed by atoms with E-state index in [9.17, 15) is 14.7 Å². The van der Waals surface area contributed by atoms with Crippen molar-refractivity contribution < 1.29 is 24.2 Å². The molecule has 3 aromatic rings. The molecule has 0 saturated carbocycles. The number of ketones is 1. The van der Waals surface area contributed by atoms with Crippen LogP contribution in [-0.4, -0.2) is 35.6 Å². The number of aliphatic carboxylic acids is 1. The summed E-state index contributed by atoms with van der Waals surface area (Å²) in [5.41, 5.74) is 1.57. The molecule has 0 bridgehead atoms. The van der Waals surface area contributed by atoms with Gasteiger partial charge in [0.25, 0.3) is 5.78 Å². The Labute approximate surface area is 181 Å². The van der Waals surface area contributed by atoms with Crippen molar-refractivity contribution >= 4 is 34.3 Å². The number of methoxy groups -OCH3 is 1. The molecule has 0 aliphatic rings. The van der Waals surface area contributed by atoms with Crippen LogP contribution in [0.15, 0.2) is 54.6 Å². The number of carbonyl (C=O) groups excluding carboxylic acids is 1. The third kappa shape index (κ3) is 5.48. The van der Waals surface area contributed by atoms with Crippen LogP contribution in [0.2, 0.25) is 0 Å². The Hall–Kier alpha value is -3.67. The smallest absolute Gasteiger partial charge is 0.377 e. The molecule has 0 aliphatic heterocycles. The summed E-state index contributed by atoms with van der Waals surface area (Å²) in [6.45, 7) is 4.81. The molecule has 1 aromatic heterocycles. The third-order valence-electron chi connectivity index (χ3n) is 4.76. The van der Waals surface area contributed by atoms with Gasteiger partial charge in [-0.2, -0.15) is 0 Å². The van der Waals surface area contributed by atoms with Gasteiger partial charge < -0.3 is 14.6 Å². The minimum atomic E-state index is -1.54. The van der Waals surface area contributed by atoms with Gasteiger partial charge in [0.1, 0.15) is 0 Å². The molecule has 0 amide bonds. The molecule has 0 atom stereocenters. The number of benzene rings is 2. The van der Waals surface area contributed by atoms with E-state index in [1.807, 2.05) is 30.3 Å². The van der Waals surface area contributed by atoms with E-state index >= 15 is 0 Å². The molecule has 6 nitrogen and oxygen atoms in total. The van der Waals surface area contributed by atoms with Crippen molar-refractivity contribution in [3.8, 4) is 11.5 Å². The van der Waals surface area contributed by atoms with Crippen molar-refractivity contribution in [3.05, 3.63) is 65.9 Å². The molecule has 0 saturated heterocycles. The first-order chi connectivity index (χ1) is 14.9. The zero-order valence-corrected chi connectivity index (χ0v) is 17.8. The fraction of sp³-hybridized carbons (Fsp3) is 0.240. The predicted molar refractivity (Wildman–Crippen MR) is 120 cm³/mol. The summed E-state index contributed by atoms with van der Waals surface area (Å²) in [6, 6.07) is 16.1. The Morgan fingerprint density at radius 1 is 1.06 bits per heavy atom. The highest BCUT2D eigenvalue weighted by Crippen LogP contribution is 2.30. The number of carboxylic acids is 1. The van der Waals surface area contributed by atoms with Crippen LogP contribution in [0.25, 0.3) is 22.6 Å². The molecule has 1 heterocycles. The van der Waals surface area contributed by atoms with Crippen molar-refractivity contribution in [2.45, 2.75) is 20.3 Å². The lowest BCUT2D eigenvalue weighted by Crippen LogP contribution is -2.15. The van der Waals surface area contributed by atoms with Crippen LogP contribution in [0.5, 0.6) is 11.5 Å². The zero-order valence-electron chi connectivity index (χ0n) is 17.8. The molecule has 1 N–H and O–H groups in total. The minimum absolute atomic E-state index is 0.00576. The molecule has 0 spiro atoms. The average Bonchev–Trinajstić information content (AvgIpc) is 2.77. The molecule has 0 unspecified atom stereocenters.